The van der Waals surface area contributed by atoms with Crippen LogP contribution in [0, 0.1) is 12.8 Å². The predicted octanol–water partition coefficient (Wildman–Crippen LogP) is 4.41. The van der Waals surface area contributed by atoms with Crippen LogP contribution in [0.15, 0.2) is 65.7 Å². The minimum absolute atomic E-state index is 0.0771. The molecule has 0 amide bonds. The lowest BCUT2D eigenvalue weighted by Crippen LogP contribution is -2.36. The Kier molecular flexibility index (Phi) is 4.34. The molecule has 3 nitrogen and oxygen atoms in total. The number of hydrogen-bond donors (Lipinski definition) is 0. The molecule has 0 fully saturated rings. The topological polar surface area (TPSA) is 38.7 Å². The zero-order valence-electron chi connectivity index (χ0n) is 14.2. The summed E-state index contributed by atoms with van der Waals surface area (Å²) in [4.78, 5) is 17.0. The van der Waals surface area contributed by atoms with E-state index in [4.69, 9.17) is 4.74 Å². The Hall–Kier alpha value is -2.68. The van der Waals surface area contributed by atoms with Gasteiger partial charge in [0.1, 0.15) is 0 Å². The van der Waals surface area contributed by atoms with Gasteiger partial charge in [-0.05, 0) is 31.5 Å². The normalized spacial score (nSPS) is 21.6. The van der Waals surface area contributed by atoms with E-state index in [1.165, 1.54) is 5.56 Å². The molecule has 122 valence electrons. The lowest BCUT2D eigenvalue weighted by Gasteiger charge is -2.21. The quantitative estimate of drug-likeness (QED) is 0.783. The Morgan fingerprint density at radius 2 is 1.88 bits per heavy atom. The Morgan fingerprint density at radius 1 is 1.12 bits per heavy atom. The summed E-state index contributed by atoms with van der Waals surface area (Å²) in [5.74, 6) is 0.0216. The molecule has 2 atom stereocenters. The number of esters is 1. The van der Waals surface area contributed by atoms with Crippen molar-refractivity contribution in [1.82, 2.24) is 0 Å². The van der Waals surface area contributed by atoms with Crippen LogP contribution in [-0.4, -0.2) is 17.4 Å². The summed E-state index contributed by atoms with van der Waals surface area (Å²) in [6, 6.07) is 17.8. The number of carbonyl (C=O) groups is 1. The van der Waals surface area contributed by atoms with Crippen LogP contribution in [0.3, 0.4) is 0 Å². The van der Waals surface area contributed by atoms with Crippen molar-refractivity contribution in [2.75, 3.05) is 0 Å². The Morgan fingerprint density at radius 3 is 2.58 bits per heavy atom. The molecular weight excluding hydrogens is 298 g/mol. The number of cyclic esters (lactones) is 1. The van der Waals surface area contributed by atoms with Crippen molar-refractivity contribution < 1.29 is 9.53 Å². The molecule has 2 aromatic carbocycles. The van der Waals surface area contributed by atoms with Crippen LogP contribution in [0.4, 0.5) is 0 Å². The maximum atomic E-state index is 12.4. The Bertz CT molecular complexity index is 808. The molecule has 0 radical (unpaired) electrons. The average molecular weight is 319 g/mol. The summed E-state index contributed by atoms with van der Waals surface area (Å²) < 4.78 is 5.43. The first kappa shape index (κ1) is 16.2. The lowest BCUT2D eigenvalue weighted by atomic mass is 9.87. The van der Waals surface area contributed by atoms with Gasteiger partial charge in [-0.1, -0.05) is 67.1 Å². The van der Waals surface area contributed by atoms with E-state index < -0.39 is 5.54 Å². The molecule has 0 aromatic heterocycles. The van der Waals surface area contributed by atoms with Crippen molar-refractivity contribution in [3.05, 3.63) is 77.4 Å². The predicted molar refractivity (Wildman–Crippen MR) is 96.9 cm³/mol. The first-order valence-corrected chi connectivity index (χ1v) is 8.11. The fraction of sp³-hybridized carbons (Fsp3) is 0.238. The van der Waals surface area contributed by atoms with E-state index in [1.54, 1.807) is 0 Å². The number of nitrogens with zero attached hydrogens (tertiary/aromatic N) is 1. The van der Waals surface area contributed by atoms with Crippen molar-refractivity contribution in [3.63, 3.8) is 0 Å². The average Bonchev–Trinajstić information content (AvgIpc) is 2.90. The largest absolute Gasteiger partial charge is 0.405 e. The number of rotatable bonds is 4. The Balaban J connectivity index is 1.84. The third-order valence-electron chi connectivity index (χ3n) is 4.46. The van der Waals surface area contributed by atoms with Crippen LogP contribution in [0.25, 0.3) is 6.08 Å². The molecule has 1 aliphatic heterocycles. The summed E-state index contributed by atoms with van der Waals surface area (Å²) in [5.41, 5.74) is 2.25. The third-order valence-corrected chi connectivity index (χ3v) is 4.46. The van der Waals surface area contributed by atoms with Crippen LogP contribution in [0.5, 0.6) is 0 Å². The zero-order chi connectivity index (χ0) is 17.2. The van der Waals surface area contributed by atoms with Gasteiger partial charge in [-0.3, -0.25) is 0 Å². The first-order valence-electron chi connectivity index (χ1n) is 8.11. The van der Waals surface area contributed by atoms with Crippen molar-refractivity contribution in [2.45, 2.75) is 26.3 Å². The van der Waals surface area contributed by atoms with Gasteiger partial charge < -0.3 is 4.74 Å². The van der Waals surface area contributed by atoms with Crippen molar-refractivity contribution in [1.29, 1.82) is 0 Å². The van der Waals surface area contributed by atoms with Gasteiger partial charge in [0.05, 0.1) is 0 Å². The molecule has 0 saturated carbocycles. The molecule has 3 heteroatoms. The highest BCUT2D eigenvalue weighted by molar-refractivity contribution is 6.08. The van der Waals surface area contributed by atoms with Crippen LogP contribution < -0.4 is 0 Å². The monoisotopic (exact) mass is 319 g/mol. The molecule has 1 heterocycles. The summed E-state index contributed by atoms with van der Waals surface area (Å²) in [5, 5.41) is 0. The van der Waals surface area contributed by atoms with E-state index in [0.29, 0.717) is 5.90 Å². The van der Waals surface area contributed by atoms with Gasteiger partial charge in [0.2, 0.25) is 5.90 Å². The van der Waals surface area contributed by atoms with Crippen LogP contribution in [0.2, 0.25) is 0 Å². The molecule has 0 spiro atoms. The molecule has 24 heavy (non-hydrogen) atoms. The number of aryl methyl sites for hydroxylation is 1. The standard InChI is InChI=1S/C21H21NO2/c1-15-8-7-9-17(14-15)13-12-16(2)21(3)20(23)24-19(22-21)18-10-5-4-6-11-18/h4-14,16H,1-3H3/b13-12+/t16-,21+/m0/s1. The van der Waals surface area contributed by atoms with Gasteiger partial charge in [0.15, 0.2) is 5.54 Å². The second-order valence-corrected chi connectivity index (χ2v) is 6.38. The van der Waals surface area contributed by atoms with Crippen LogP contribution in [0.1, 0.15) is 30.5 Å². The lowest BCUT2D eigenvalue weighted by molar-refractivity contribution is -0.139. The molecular formula is C21H21NO2. The fourth-order valence-electron chi connectivity index (χ4n) is 2.68. The van der Waals surface area contributed by atoms with E-state index in [2.05, 4.69) is 24.0 Å². The number of hydrogen-bond acceptors (Lipinski definition) is 3. The van der Waals surface area contributed by atoms with Crippen LogP contribution >= 0.6 is 0 Å². The first-order chi connectivity index (χ1) is 11.5. The summed E-state index contributed by atoms with van der Waals surface area (Å²) in [6.45, 7) is 5.88. The minimum atomic E-state index is -0.897. The molecule has 0 aliphatic carbocycles. The molecule has 3 rings (SSSR count). The number of ether oxygens (including phenoxy) is 1. The van der Waals surface area contributed by atoms with E-state index in [1.807, 2.05) is 68.5 Å². The smallest absolute Gasteiger partial charge is 0.341 e. The number of carbonyl (C=O) groups excluding carboxylic acids is 1. The third kappa shape index (κ3) is 3.16. The molecule has 1 aliphatic rings. The van der Waals surface area contributed by atoms with Gasteiger partial charge >= 0.3 is 5.97 Å². The van der Waals surface area contributed by atoms with Gasteiger partial charge in [-0.25, -0.2) is 9.79 Å². The van der Waals surface area contributed by atoms with Crippen molar-refractivity contribution in [2.24, 2.45) is 10.9 Å². The maximum Gasteiger partial charge on any atom is 0.341 e. The molecule has 0 unspecified atom stereocenters. The molecule has 2 aromatic rings. The summed E-state index contributed by atoms with van der Waals surface area (Å²) in [7, 11) is 0. The van der Waals surface area contributed by atoms with Crippen LogP contribution in [-0.2, 0) is 9.53 Å². The van der Waals surface area contributed by atoms with Gasteiger partial charge in [0, 0.05) is 11.5 Å². The second kappa shape index (κ2) is 6.44. The van der Waals surface area contributed by atoms with E-state index >= 15 is 0 Å². The SMILES string of the molecule is Cc1cccc(/C=C/[C@H](C)[C@@]2(C)N=C(c3ccccc3)OC2=O)c1. The van der Waals surface area contributed by atoms with E-state index in [-0.39, 0.29) is 11.9 Å². The Labute approximate surface area is 142 Å². The van der Waals surface area contributed by atoms with Crippen molar-refractivity contribution in [3.8, 4) is 0 Å². The molecule has 0 N–H and O–H groups in total. The van der Waals surface area contributed by atoms with E-state index in [0.717, 1.165) is 11.1 Å². The van der Waals surface area contributed by atoms with E-state index in [9.17, 15) is 4.79 Å². The summed E-state index contributed by atoms with van der Waals surface area (Å²) in [6.07, 6.45) is 4.06. The molecule has 0 bridgehead atoms. The summed E-state index contributed by atoms with van der Waals surface area (Å²) >= 11 is 0. The highest BCUT2D eigenvalue weighted by Gasteiger charge is 2.45. The fourth-order valence-corrected chi connectivity index (χ4v) is 2.68. The number of benzene rings is 2. The van der Waals surface area contributed by atoms with Gasteiger partial charge in [0.25, 0.3) is 0 Å². The van der Waals surface area contributed by atoms with Gasteiger partial charge in [-0.15, -0.1) is 0 Å². The maximum absolute atomic E-state index is 12.4. The highest BCUT2D eigenvalue weighted by Crippen LogP contribution is 2.31. The number of aliphatic imine (C=N–C) groups is 1. The van der Waals surface area contributed by atoms with Gasteiger partial charge in [-0.2, -0.15) is 0 Å². The zero-order valence-corrected chi connectivity index (χ0v) is 14.2. The minimum Gasteiger partial charge on any atom is -0.405 e. The molecule has 0 saturated heterocycles. The highest BCUT2D eigenvalue weighted by atomic mass is 16.6. The van der Waals surface area contributed by atoms with Crippen molar-refractivity contribution >= 4 is 17.9 Å². The second-order valence-electron chi connectivity index (χ2n) is 6.38.